The van der Waals surface area contributed by atoms with Crippen molar-refractivity contribution in [2.75, 3.05) is 13.6 Å². The number of hydrogen-bond acceptors (Lipinski definition) is 4. The number of carbonyl (C=O) groups is 2. The summed E-state index contributed by atoms with van der Waals surface area (Å²) in [6, 6.07) is -0.564. The van der Waals surface area contributed by atoms with Crippen LogP contribution in [0.1, 0.15) is 44.6 Å². The highest BCUT2D eigenvalue weighted by atomic mass is 16.2. The zero-order valence-corrected chi connectivity index (χ0v) is 13.6. The minimum atomic E-state index is -0.352. The van der Waals surface area contributed by atoms with Crippen molar-refractivity contribution in [3.8, 4) is 0 Å². The summed E-state index contributed by atoms with van der Waals surface area (Å²) in [7, 11) is 1.76. The summed E-state index contributed by atoms with van der Waals surface area (Å²) in [5.41, 5.74) is 1.57. The van der Waals surface area contributed by atoms with Gasteiger partial charge in [0.25, 0.3) is 0 Å². The van der Waals surface area contributed by atoms with E-state index in [9.17, 15) is 9.59 Å². The Bertz CT molecular complexity index is 554. The Morgan fingerprint density at radius 1 is 1.41 bits per heavy atom. The van der Waals surface area contributed by atoms with Crippen molar-refractivity contribution in [2.45, 2.75) is 46.3 Å². The minimum Gasteiger partial charge on any atom is -0.338 e. The molecule has 0 saturated carbocycles. The Hall–Kier alpha value is -2.12. The van der Waals surface area contributed by atoms with E-state index in [2.05, 4.69) is 34.8 Å². The van der Waals surface area contributed by atoms with Crippen LogP contribution in [0.15, 0.2) is 0 Å². The van der Waals surface area contributed by atoms with Gasteiger partial charge in [0.15, 0.2) is 0 Å². The van der Waals surface area contributed by atoms with Gasteiger partial charge >= 0.3 is 6.03 Å². The van der Waals surface area contributed by atoms with Gasteiger partial charge in [0.2, 0.25) is 5.91 Å². The van der Waals surface area contributed by atoms with Crippen LogP contribution in [0.25, 0.3) is 0 Å². The molecule has 3 amide bonds. The molecule has 8 nitrogen and oxygen atoms in total. The van der Waals surface area contributed by atoms with Gasteiger partial charge in [0.1, 0.15) is 11.7 Å². The third kappa shape index (κ3) is 3.55. The maximum Gasteiger partial charge on any atom is 0.315 e. The normalized spacial score (nSPS) is 17.6. The number of likely N-dealkylation sites (N-methyl/N-ethyl adjacent to an activating group) is 1. The molecule has 1 atom stereocenters. The Kier molecular flexibility index (Phi) is 4.99. The van der Waals surface area contributed by atoms with Gasteiger partial charge in [0, 0.05) is 13.6 Å². The van der Waals surface area contributed by atoms with Crippen LogP contribution < -0.4 is 10.6 Å². The smallest absolute Gasteiger partial charge is 0.315 e. The molecule has 1 aromatic heterocycles. The van der Waals surface area contributed by atoms with Gasteiger partial charge in [-0.2, -0.15) is 0 Å². The number of aromatic nitrogens is 3. The number of rotatable bonds is 5. The topological polar surface area (TPSA) is 92.2 Å². The maximum atomic E-state index is 11.9. The van der Waals surface area contributed by atoms with Gasteiger partial charge in [0.05, 0.1) is 18.8 Å². The standard InChI is InChI=1S/C14H24N6O2/c1-9(2)5-6-15-14(22)16-7-11-12-8-19(4)13(21)10(3)20(12)18-17-11/h9-10H,5-8H2,1-4H3,(H2,15,16,22). The number of fused-ring (bicyclic) bond motifs is 1. The van der Waals surface area contributed by atoms with Crippen LogP contribution in [-0.4, -0.2) is 45.4 Å². The molecule has 22 heavy (non-hydrogen) atoms. The second-order valence-electron chi connectivity index (χ2n) is 6.09. The molecular weight excluding hydrogens is 284 g/mol. The molecule has 122 valence electrons. The Morgan fingerprint density at radius 2 is 2.14 bits per heavy atom. The SMILES string of the molecule is CC(C)CCNC(=O)NCc1nnn2c1CN(C)C(=O)C2C. The maximum absolute atomic E-state index is 11.9. The Morgan fingerprint density at radius 3 is 2.82 bits per heavy atom. The molecule has 0 spiro atoms. The van der Waals surface area contributed by atoms with E-state index in [0.29, 0.717) is 31.2 Å². The summed E-state index contributed by atoms with van der Waals surface area (Å²) in [5.74, 6) is 0.572. The Labute approximate surface area is 130 Å². The number of nitrogens with one attached hydrogen (secondary N) is 2. The second kappa shape index (κ2) is 6.76. The monoisotopic (exact) mass is 308 g/mol. The number of nitrogens with zero attached hydrogens (tertiary/aromatic N) is 4. The van der Waals surface area contributed by atoms with Crippen molar-refractivity contribution in [1.29, 1.82) is 0 Å². The fraction of sp³-hybridized carbons (Fsp3) is 0.714. The first-order chi connectivity index (χ1) is 10.4. The summed E-state index contributed by atoms with van der Waals surface area (Å²) in [6.45, 7) is 7.44. The second-order valence-corrected chi connectivity index (χ2v) is 6.09. The van der Waals surface area contributed by atoms with Crippen molar-refractivity contribution >= 4 is 11.9 Å². The van der Waals surface area contributed by atoms with Crippen LogP contribution in [0.4, 0.5) is 4.79 Å². The third-order valence-electron chi connectivity index (χ3n) is 3.78. The molecule has 0 saturated heterocycles. The number of urea groups is 1. The van der Waals surface area contributed by atoms with E-state index in [1.807, 2.05) is 0 Å². The lowest BCUT2D eigenvalue weighted by Gasteiger charge is -2.28. The summed E-state index contributed by atoms with van der Waals surface area (Å²) < 4.78 is 1.63. The molecule has 1 unspecified atom stereocenters. The summed E-state index contributed by atoms with van der Waals surface area (Å²) in [4.78, 5) is 25.3. The molecule has 2 rings (SSSR count). The van der Waals surface area contributed by atoms with E-state index in [-0.39, 0.29) is 18.0 Å². The lowest BCUT2D eigenvalue weighted by molar-refractivity contribution is -0.135. The van der Waals surface area contributed by atoms with Crippen LogP contribution in [0.2, 0.25) is 0 Å². The van der Waals surface area contributed by atoms with Gasteiger partial charge in [-0.3, -0.25) is 4.79 Å². The molecular formula is C14H24N6O2. The van der Waals surface area contributed by atoms with E-state index < -0.39 is 0 Å². The third-order valence-corrected chi connectivity index (χ3v) is 3.78. The van der Waals surface area contributed by atoms with Crippen LogP contribution in [0.3, 0.4) is 0 Å². The average Bonchev–Trinajstić information content (AvgIpc) is 2.85. The average molecular weight is 308 g/mol. The van der Waals surface area contributed by atoms with E-state index in [1.165, 1.54) is 0 Å². The van der Waals surface area contributed by atoms with Crippen molar-refractivity contribution in [3.05, 3.63) is 11.4 Å². The van der Waals surface area contributed by atoms with Gasteiger partial charge in [-0.15, -0.1) is 5.10 Å². The van der Waals surface area contributed by atoms with Crippen LogP contribution in [-0.2, 0) is 17.9 Å². The zero-order valence-electron chi connectivity index (χ0n) is 13.6. The lowest BCUT2D eigenvalue weighted by atomic mass is 10.1. The number of hydrogen-bond donors (Lipinski definition) is 2. The highest BCUT2D eigenvalue weighted by molar-refractivity contribution is 5.80. The molecule has 2 N–H and O–H groups in total. The first kappa shape index (κ1) is 16.3. The quantitative estimate of drug-likeness (QED) is 0.835. The molecule has 0 radical (unpaired) electrons. The lowest BCUT2D eigenvalue weighted by Crippen LogP contribution is -2.40. The van der Waals surface area contributed by atoms with Gasteiger partial charge in [-0.1, -0.05) is 19.1 Å². The molecule has 0 bridgehead atoms. The zero-order chi connectivity index (χ0) is 16.3. The molecule has 1 aromatic rings. The summed E-state index contributed by atoms with van der Waals surface area (Å²) in [6.07, 6.45) is 0.944. The van der Waals surface area contributed by atoms with Gasteiger partial charge in [-0.25, -0.2) is 9.48 Å². The van der Waals surface area contributed by atoms with Crippen molar-refractivity contribution in [1.82, 2.24) is 30.5 Å². The van der Waals surface area contributed by atoms with E-state index in [1.54, 1.807) is 23.6 Å². The van der Waals surface area contributed by atoms with Crippen LogP contribution in [0, 0.1) is 5.92 Å². The fourth-order valence-corrected chi connectivity index (χ4v) is 2.39. The predicted molar refractivity (Wildman–Crippen MR) is 80.9 cm³/mol. The number of amides is 3. The van der Waals surface area contributed by atoms with Crippen molar-refractivity contribution < 1.29 is 9.59 Å². The largest absolute Gasteiger partial charge is 0.338 e. The first-order valence-electron chi connectivity index (χ1n) is 7.59. The molecule has 1 aliphatic rings. The van der Waals surface area contributed by atoms with Crippen molar-refractivity contribution in [2.24, 2.45) is 5.92 Å². The molecule has 1 aliphatic heterocycles. The molecule has 2 heterocycles. The van der Waals surface area contributed by atoms with Crippen molar-refractivity contribution in [3.63, 3.8) is 0 Å². The minimum absolute atomic E-state index is 0.0170. The summed E-state index contributed by atoms with van der Waals surface area (Å²) >= 11 is 0. The fourth-order valence-electron chi connectivity index (χ4n) is 2.39. The molecule has 0 fully saturated rings. The highest BCUT2D eigenvalue weighted by Gasteiger charge is 2.30. The van der Waals surface area contributed by atoms with E-state index in [0.717, 1.165) is 12.1 Å². The summed E-state index contributed by atoms with van der Waals surface area (Å²) in [5, 5.41) is 13.7. The molecule has 8 heteroatoms. The Balaban J connectivity index is 1.91. The molecule has 0 aliphatic carbocycles. The number of carbonyl (C=O) groups excluding carboxylic acids is 2. The highest BCUT2D eigenvalue weighted by Crippen LogP contribution is 2.21. The van der Waals surface area contributed by atoms with Crippen LogP contribution >= 0.6 is 0 Å². The van der Waals surface area contributed by atoms with Crippen LogP contribution in [0.5, 0.6) is 0 Å². The predicted octanol–water partition coefficient (Wildman–Crippen LogP) is 0.656. The van der Waals surface area contributed by atoms with E-state index >= 15 is 0 Å². The van der Waals surface area contributed by atoms with E-state index in [4.69, 9.17) is 0 Å². The first-order valence-corrected chi connectivity index (χ1v) is 7.59. The molecule has 0 aromatic carbocycles. The van der Waals surface area contributed by atoms with Gasteiger partial charge in [-0.05, 0) is 19.3 Å². The van der Waals surface area contributed by atoms with Gasteiger partial charge < -0.3 is 15.5 Å².